The number of ketones is 1. The fourth-order valence-electron chi connectivity index (χ4n) is 4.69. The number of nitrogens with zero attached hydrogens (tertiary/aromatic N) is 4. The summed E-state index contributed by atoms with van der Waals surface area (Å²) in [6.07, 6.45) is 5.16. The highest BCUT2D eigenvalue weighted by molar-refractivity contribution is 6.46. The molecule has 36 heavy (non-hydrogen) atoms. The molecule has 8 nitrogen and oxygen atoms in total. The number of carbonyl (C=O) groups is 2. The van der Waals surface area contributed by atoms with Crippen LogP contribution in [-0.2, 0) is 16.1 Å². The second kappa shape index (κ2) is 9.30. The van der Waals surface area contributed by atoms with Crippen LogP contribution in [0, 0.1) is 13.8 Å². The van der Waals surface area contributed by atoms with Crippen LogP contribution in [0.15, 0.2) is 72.7 Å². The summed E-state index contributed by atoms with van der Waals surface area (Å²) < 4.78 is 7.54. The summed E-state index contributed by atoms with van der Waals surface area (Å²) in [5, 5.41) is 11.5. The Bertz CT molecular complexity index is 1510. The first-order valence-corrected chi connectivity index (χ1v) is 11.8. The number of pyridine rings is 2. The molecule has 3 aromatic heterocycles. The average molecular weight is 483 g/mol. The lowest BCUT2D eigenvalue weighted by molar-refractivity contribution is -0.140. The number of rotatable bonds is 6. The Balaban J connectivity index is 1.71. The Labute approximate surface area is 208 Å². The van der Waals surface area contributed by atoms with Gasteiger partial charge in [0.15, 0.2) is 5.76 Å². The Kier molecular flexibility index (Phi) is 6.01. The van der Waals surface area contributed by atoms with Gasteiger partial charge in [0.25, 0.3) is 11.7 Å². The number of fused-ring (bicyclic) bond motifs is 1. The van der Waals surface area contributed by atoms with E-state index in [1.54, 1.807) is 24.5 Å². The molecule has 1 saturated heterocycles. The summed E-state index contributed by atoms with van der Waals surface area (Å²) in [5.74, 6) is -1.13. The summed E-state index contributed by atoms with van der Waals surface area (Å²) in [4.78, 5) is 37.0. The third-order valence-electron chi connectivity index (χ3n) is 6.41. The highest BCUT2D eigenvalue weighted by Gasteiger charge is 2.46. The fourth-order valence-corrected chi connectivity index (χ4v) is 4.69. The Morgan fingerprint density at radius 3 is 2.67 bits per heavy atom. The van der Waals surface area contributed by atoms with Crippen molar-refractivity contribution in [3.05, 3.63) is 101 Å². The van der Waals surface area contributed by atoms with E-state index < -0.39 is 17.7 Å². The van der Waals surface area contributed by atoms with E-state index in [0.29, 0.717) is 29.3 Å². The predicted molar refractivity (Wildman–Crippen MR) is 134 cm³/mol. The average Bonchev–Trinajstić information content (AvgIpc) is 3.35. The smallest absolute Gasteiger partial charge is 0.295 e. The first kappa shape index (κ1) is 23.3. The lowest BCUT2D eigenvalue weighted by Crippen LogP contribution is -2.29. The molecule has 1 aliphatic rings. The number of benzene rings is 1. The van der Waals surface area contributed by atoms with Crippen LogP contribution < -0.4 is 4.74 Å². The number of carbonyl (C=O) groups excluding carboxylic acids is 2. The van der Waals surface area contributed by atoms with Gasteiger partial charge in [0, 0.05) is 25.1 Å². The number of Topliss-reactive ketones (excluding diaryl/α,β-unsaturated/α-hetero) is 1. The van der Waals surface area contributed by atoms with E-state index >= 15 is 0 Å². The Hall–Kier alpha value is -4.46. The molecule has 1 amide bonds. The summed E-state index contributed by atoms with van der Waals surface area (Å²) >= 11 is 0. The molecule has 0 saturated carbocycles. The lowest BCUT2D eigenvalue weighted by atomic mass is 9.96. The van der Waals surface area contributed by atoms with Gasteiger partial charge in [-0.05, 0) is 61.7 Å². The SMILES string of the molecule is CCOc1cccc(C2C(=C(O)c3nc4c(C)cccn4c3C)C(=O)C(=O)N2Cc2cccnc2)c1. The van der Waals surface area contributed by atoms with Gasteiger partial charge in [0.1, 0.15) is 17.1 Å². The zero-order valence-electron chi connectivity index (χ0n) is 20.3. The maximum Gasteiger partial charge on any atom is 0.295 e. The van der Waals surface area contributed by atoms with Gasteiger partial charge in [-0.25, -0.2) is 4.98 Å². The van der Waals surface area contributed by atoms with Gasteiger partial charge in [-0.3, -0.25) is 14.6 Å². The number of ether oxygens (including phenoxy) is 1. The molecule has 1 atom stereocenters. The van der Waals surface area contributed by atoms with Crippen LogP contribution in [0.4, 0.5) is 0 Å². The number of hydrogen-bond acceptors (Lipinski definition) is 6. The van der Waals surface area contributed by atoms with Crippen molar-refractivity contribution in [1.82, 2.24) is 19.3 Å². The van der Waals surface area contributed by atoms with Gasteiger partial charge in [0.2, 0.25) is 0 Å². The quantitative estimate of drug-likeness (QED) is 0.249. The van der Waals surface area contributed by atoms with Crippen molar-refractivity contribution in [2.75, 3.05) is 6.61 Å². The van der Waals surface area contributed by atoms with Gasteiger partial charge < -0.3 is 19.1 Å². The van der Waals surface area contributed by atoms with E-state index in [4.69, 9.17) is 4.74 Å². The molecule has 1 unspecified atom stereocenters. The van der Waals surface area contributed by atoms with E-state index in [1.807, 2.05) is 67.8 Å². The minimum atomic E-state index is -0.823. The van der Waals surface area contributed by atoms with Crippen molar-refractivity contribution in [1.29, 1.82) is 0 Å². The number of amides is 1. The number of likely N-dealkylation sites (tertiary alicyclic amines) is 1. The highest BCUT2D eigenvalue weighted by Crippen LogP contribution is 2.41. The van der Waals surface area contributed by atoms with Crippen molar-refractivity contribution in [2.24, 2.45) is 0 Å². The fraction of sp³-hybridized carbons (Fsp3) is 0.214. The summed E-state index contributed by atoms with van der Waals surface area (Å²) in [6.45, 7) is 6.26. The van der Waals surface area contributed by atoms with Gasteiger partial charge in [-0.1, -0.05) is 24.3 Å². The van der Waals surface area contributed by atoms with Gasteiger partial charge in [-0.2, -0.15) is 0 Å². The van der Waals surface area contributed by atoms with Crippen LogP contribution in [0.5, 0.6) is 5.75 Å². The number of aliphatic hydroxyl groups excluding tert-OH is 1. The van der Waals surface area contributed by atoms with Crippen molar-refractivity contribution >= 4 is 23.1 Å². The third-order valence-corrected chi connectivity index (χ3v) is 6.41. The number of aliphatic hydroxyl groups is 1. The number of imidazole rings is 1. The molecule has 0 spiro atoms. The van der Waals surface area contributed by atoms with Crippen LogP contribution in [-0.4, -0.2) is 42.7 Å². The minimum absolute atomic E-state index is 0.00157. The molecule has 5 rings (SSSR count). The highest BCUT2D eigenvalue weighted by atomic mass is 16.5. The van der Waals surface area contributed by atoms with E-state index in [1.165, 1.54) is 4.90 Å². The van der Waals surface area contributed by atoms with Gasteiger partial charge >= 0.3 is 0 Å². The van der Waals surface area contributed by atoms with E-state index in [2.05, 4.69) is 9.97 Å². The number of hydrogen-bond donors (Lipinski definition) is 1. The summed E-state index contributed by atoms with van der Waals surface area (Å²) in [6, 6.07) is 13.9. The zero-order chi connectivity index (χ0) is 25.4. The zero-order valence-corrected chi connectivity index (χ0v) is 20.3. The monoisotopic (exact) mass is 482 g/mol. The summed E-state index contributed by atoms with van der Waals surface area (Å²) in [5.41, 5.74) is 3.98. The van der Waals surface area contributed by atoms with E-state index in [-0.39, 0.29) is 23.6 Å². The third kappa shape index (κ3) is 3.90. The largest absolute Gasteiger partial charge is 0.505 e. The van der Waals surface area contributed by atoms with Crippen molar-refractivity contribution in [3.8, 4) is 5.75 Å². The van der Waals surface area contributed by atoms with Crippen LogP contribution >= 0.6 is 0 Å². The molecule has 1 aromatic carbocycles. The molecular formula is C28H26N4O4. The molecule has 0 radical (unpaired) electrons. The molecule has 0 aliphatic carbocycles. The molecular weight excluding hydrogens is 456 g/mol. The second-order valence-corrected chi connectivity index (χ2v) is 8.72. The number of aryl methyl sites for hydroxylation is 2. The molecule has 0 bridgehead atoms. The Morgan fingerprint density at radius 2 is 1.94 bits per heavy atom. The van der Waals surface area contributed by atoms with Crippen molar-refractivity contribution < 1.29 is 19.4 Å². The molecule has 1 fully saturated rings. The topological polar surface area (TPSA) is 97.0 Å². The Morgan fingerprint density at radius 1 is 1.11 bits per heavy atom. The maximum atomic E-state index is 13.4. The maximum absolute atomic E-state index is 13.4. The molecule has 4 heterocycles. The van der Waals surface area contributed by atoms with Crippen LogP contribution in [0.3, 0.4) is 0 Å². The number of aromatic nitrogens is 3. The van der Waals surface area contributed by atoms with Crippen molar-refractivity contribution in [3.63, 3.8) is 0 Å². The van der Waals surface area contributed by atoms with E-state index in [9.17, 15) is 14.7 Å². The van der Waals surface area contributed by atoms with Gasteiger partial charge in [0.05, 0.1) is 23.9 Å². The predicted octanol–water partition coefficient (Wildman–Crippen LogP) is 4.37. The molecule has 1 aliphatic heterocycles. The van der Waals surface area contributed by atoms with Crippen LogP contribution in [0.2, 0.25) is 0 Å². The van der Waals surface area contributed by atoms with Crippen LogP contribution in [0.25, 0.3) is 11.4 Å². The molecule has 8 heteroatoms. The second-order valence-electron chi connectivity index (χ2n) is 8.72. The molecule has 1 N–H and O–H groups in total. The molecule has 182 valence electrons. The minimum Gasteiger partial charge on any atom is -0.505 e. The normalized spacial score (nSPS) is 17.2. The van der Waals surface area contributed by atoms with Crippen molar-refractivity contribution in [2.45, 2.75) is 33.4 Å². The standard InChI is InChI=1S/C28H26N4O4/c1-4-36-21-11-5-10-20(14-21)24-22(26(34)28(35)32(24)16-19-9-6-12-29-15-19)25(33)23-18(3)31-13-7-8-17(2)27(31)30-23/h5-15,24,33H,4,16H2,1-3H3. The summed E-state index contributed by atoms with van der Waals surface area (Å²) in [7, 11) is 0. The van der Waals surface area contributed by atoms with E-state index in [0.717, 1.165) is 11.1 Å². The molecule has 4 aromatic rings. The lowest BCUT2D eigenvalue weighted by Gasteiger charge is -2.25. The first-order chi connectivity index (χ1) is 17.4. The van der Waals surface area contributed by atoms with Crippen LogP contribution in [0.1, 0.15) is 41.0 Å². The first-order valence-electron chi connectivity index (χ1n) is 11.8. The van der Waals surface area contributed by atoms with Gasteiger partial charge in [-0.15, -0.1) is 0 Å².